The number of nitrogens with one attached hydrogen (secondary N) is 1. The number of carbonyl (C=O) groups excluding carboxylic acids is 1. The SMILES string of the molecule is CCOc1ccc(/C=C2/NC(=S)N(c3ccccc3OCC)C2=O)cc1. The van der Waals surface area contributed by atoms with Crippen LogP contribution in [-0.2, 0) is 4.79 Å². The molecule has 2 aromatic carbocycles. The molecule has 0 spiro atoms. The largest absolute Gasteiger partial charge is 0.494 e. The Hall–Kier alpha value is -2.86. The minimum absolute atomic E-state index is 0.212. The monoisotopic (exact) mass is 368 g/mol. The van der Waals surface area contributed by atoms with Gasteiger partial charge < -0.3 is 14.8 Å². The summed E-state index contributed by atoms with van der Waals surface area (Å²) in [5.74, 6) is 1.20. The fourth-order valence-electron chi connectivity index (χ4n) is 2.67. The molecule has 0 unspecified atom stereocenters. The maximum atomic E-state index is 12.9. The van der Waals surface area contributed by atoms with E-state index in [1.54, 1.807) is 6.08 Å². The van der Waals surface area contributed by atoms with Gasteiger partial charge in [-0.2, -0.15) is 0 Å². The van der Waals surface area contributed by atoms with Gasteiger partial charge in [0, 0.05) is 0 Å². The Morgan fingerprint density at radius 1 is 1.04 bits per heavy atom. The Morgan fingerprint density at radius 3 is 2.42 bits per heavy atom. The summed E-state index contributed by atoms with van der Waals surface area (Å²) >= 11 is 5.37. The molecule has 2 aromatic rings. The summed E-state index contributed by atoms with van der Waals surface area (Å²) in [5.41, 5.74) is 1.93. The molecule has 0 radical (unpaired) electrons. The van der Waals surface area contributed by atoms with Crippen molar-refractivity contribution < 1.29 is 14.3 Å². The van der Waals surface area contributed by atoms with Crippen LogP contribution in [0.1, 0.15) is 19.4 Å². The number of thiocarbonyl (C=S) groups is 1. The Kier molecular flexibility index (Phi) is 5.53. The van der Waals surface area contributed by atoms with Crippen molar-refractivity contribution in [3.05, 3.63) is 59.8 Å². The average Bonchev–Trinajstić information content (AvgIpc) is 2.91. The summed E-state index contributed by atoms with van der Waals surface area (Å²) in [4.78, 5) is 14.3. The summed E-state index contributed by atoms with van der Waals surface area (Å²) in [6.45, 7) is 4.96. The molecule has 26 heavy (non-hydrogen) atoms. The number of nitrogens with zero attached hydrogens (tertiary/aromatic N) is 1. The molecule has 6 heteroatoms. The Bertz CT molecular complexity index is 846. The lowest BCUT2D eigenvalue weighted by Gasteiger charge is -2.17. The van der Waals surface area contributed by atoms with Crippen molar-refractivity contribution in [2.75, 3.05) is 18.1 Å². The molecule has 1 aliphatic rings. The summed E-state index contributed by atoms with van der Waals surface area (Å²) in [5, 5.41) is 3.32. The van der Waals surface area contributed by atoms with Crippen LogP contribution in [0.3, 0.4) is 0 Å². The van der Waals surface area contributed by atoms with Crippen molar-refractivity contribution in [2.24, 2.45) is 0 Å². The van der Waals surface area contributed by atoms with Crippen molar-refractivity contribution in [3.63, 3.8) is 0 Å². The van der Waals surface area contributed by atoms with Crippen molar-refractivity contribution in [1.29, 1.82) is 0 Å². The predicted molar refractivity (Wildman–Crippen MR) is 106 cm³/mol. The second-order valence-corrected chi connectivity index (χ2v) is 5.92. The molecule has 5 nitrogen and oxygen atoms in total. The minimum atomic E-state index is -0.212. The molecule has 1 amide bonds. The summed E-state index contributed by atoms with van der Waals surface area (Å²) in [6.07, 6.45) is 1.77. The van der Waals surface area contributed by atoms with Gasteiger partial charge in [0.1, 0.15) is 17.2 Å². The smallest absolute Gasteiger partial charge is 0.281 e. The summed E-state index contributed by atoms with van der Waals surface area (Å²) in [6, 6.07) is 14.9. The zero-order valence-electron chi connectivity index (χ0n) is 14.7. The van der Waals surface area contributed by atoms with Gasteiger partial charge in [-0.25, -0.2) is 4.90 Å². The first kappa shape index (κ1) is 17.9. The van der Waals surface area contributed by atoms with E-state index in [2.05, 4.69) is 5.32 Å². The number of rotatable bonds is 6. The van der Waals surface area contributed by atoms with E-state index >= 15 is 0 Å². The van der Waals surface area contributed by atoms with Crippen LogP contribution >= 0.6 is 12.2 Å². The molecule has 1 saturated heterocycles. The second-order valence-electron chi connectivity index (χ2n) is 5.53. The van der Waals surface area contributed by atoms with Gasteiger partial charge >= 0.3 is 0 Å². The van der Waals surface area contributed by atoms with E-state index in [1.807, 2.05) is 62.4 Å². The molecule has 1 heterocycles. The highest BCUT2D eigenvalue weighted by atomic mass is 32.1. The zero-order valence-corrected chi connectivity index (χ0v) is 15.5. The number of carbonyl (C=O) groups is 1. The molecule has 0 aliphatic carbocycles. The first-order valence-electron chi connectivity index (χ1n) is 8.45. The van der Waals surface area contributed by atoms with Crippen molar-refractivity contribution in [3.8, 4) is 11.5 Å². The van der Waals surface area contributed by atoms with E-state index in [0.717, 1.165) is 11.3 Å². The van der Waals surface area contributed by atoms with Gasteiger partial charge in [0.25, 0.3) is 5.91 Å². The number of hydrogen-bond acceptors (Lipinski definition) is 4. The van der Waals surface area contributed by atoms with Gasteiger partial charge in [-0.05, 0) is 62.0 Å². The third kappa shape index (κ3) is 3.70. The van der Waals surface area contributed by atoms with Crippen molar-refractivity contribution >= 4 is 35.0 Å². The van der Waals surface area contributed by atoms with Gasteiger partial charge in [0.2, 0.25) is 0 Å². The molecule has 0 saturated carbocycles. The van der Waals surface area contributed by atoms with Crippen molar-refractivity contribution in [2.45, 2.75) is 13.8 Å². The highest BCUT2D eigenvalue weighted by molar-refractivity contribution is 7.80. The number of amides is 1. The standard InChI is InChI=1S/C20H20N2O3S/c1-3-24-15-11-9-14(10-12-15)13-16-19(23)22(20(26)21-16)17-7-5-6-8-18(17)25-4-2/h5-13H,3-4H2,1-2H3,(H,21,26)/b16-13+. The first-order valence-corrected chi connectivity index (χ1v) is 8.86. The molecule has 1 aliphatic heterocycles. The van der Waals surface area contributed by atoms with Gasteiger partial charge in [-0.1, -0.05) is 24.3 Å². The van der Waals surface area contributed by atoms with Crippen LogP contribution in [0.2, 0.25) is 0 Å². The zero-order chi connectivity index (χ0) is 18.5. The average molecular weight is 368 g/mol. The maximum Gasteiger partial charge on any atom is 0.281 e. The van der Waals surface area contributed by atoms with Gasteiger partial charge in [0.15, 0.2) is 5.11 Å². The fourth-order valence-corrected chi connectivity index (χ4v) is 2.96. The Morgan fingerprint density at radius 2 is 1.73 bits per heavy atom. The van der Waals surface area contributed by atoms with Gasteiger partial charge in [-0.15, -0.1) is 0 Å². The normalized spacial score (nSPS) is 15.3. The highest BCUT2D eigenvalue weighted by Gasteiger charge is 2.33. The van der Waals surface area contributed by atoms with Crippen LogP contribution in [-0.4, -0.2) is 24.2 Å². The molecule has 0 aromatic heterocycles. The van der Waals surface area contributed by atoms with Crippen LogP contribution in [0.5, 0.6) is 11.5 Å². The summed E-state index contributed by atoms with van der Waals surface area (Å²) < 4.78 is 11.1. The van der Waals surface area contributed by atoms with Crippen LogP contribution in [0.25, 0.3) is 6.08 Å². The Balaban J connectivity index is 1.87. The predicted octanol–water partition coefficient (Wildman–Crippen LogP) is 3.75. The number of hydrogen-bond donors (Lipinski definition) is 1. The highest BCUT2D eigenvalue weighted by Crippen LogP contribution is 2.31. The van der Waals surface area contributed by atoms with Crippen LogP contribution in [0, 0.1) is 0 Å². The summed E-state index contributed by atoms with van der Waals surface area (Å²) in [7, 11) is 0. The quantitative estimate of drug-likeness (QED) is 0.622. The number of benzene rings is 2. The van der Waals surface area contributed by atoms with E-state index < -0.39 is 0 Å². The molecular weight excluding hydrogens is 348 g/mol. The maximum absolute atomic E-state index is 12.9. The molecule has 0 bridgehead atoms. The third-order valence-corrected chi connectivity index (χ3v) is 4.07. The van der Waals surface area contributed by atoms with Gasteiger partial charge in [0.05, 0.1) is 18.9 Å². The molecule has 1 N–H and O–H groups in total. The first-order chi connectivity index (χ1) is 12.6. The second kappa shape index (κ2) is 8.01. The van der Waals surface area contributed by atoms with Crippen LogP contribution in [0.15, 0.2) is 54.2 Å². The van der Waals surface area contributed by atoms with Crippen molar-refractivity contribution in [1.82, 2.24) is 5.32 Å². The van der Waals surface area contributed by atoms with Crippen LogP contribution in [0.4, 0.5) is 5.69 Å². The third-order valence-electron chi connectivity index (χ3n) is 3.79. The molecule has 134 valence electrons. The Labute approximate surface area is 158 Å². The van der Waals surface area contributed by atoms with E-state index in [1.165, 1.54) is 4.90 Å². The molecule has 1 fully saturated rings. The minimum Gasteiger partial charge on any atom is -0.494 e. The molecule has 0 atom stereocenters. The lowest BCUT2D eigenvalue weighted by atomic mass is 10.2. The number of para-hydroxylation sites is 2. The van der Waals surface area contributed by atoms with Crippen LogP contribution < -0.4 is 19.7 Å². The molecule has 3 rings (SSSR count). The van der Waals surface area contributed by atoms with Gasteiger partial charge in [-0.3, -0.25) is 4.79 Å². The van der Waals surface area contributed by atoms with E-state index in [-0.39, 0.29) is 5.91 Å². The van der Waals surface area contributed by atoms with E-state index in [4.69, 9.17) is 21.7 Å². The lowest BCUT2D eigenvalue weighted by Crippen LogP contribution is -2.30. The molecular formula is C20H20N2O3S. The van der Waals surface area contributed by atoms with E-state index in [0.29, 0.717) is 35.5 Å². The topological polar surface area (TPSA) is 50.8 Å². The lowest BCUT2D eigenvalue weighted by molar-refractivity contribution is -0.113. The fraction of sp³-hybridized carbons (Fsp3) is 0.200. The van der Waals surface area contributed by atoms with E-state index in [9.17, 15) is 4.79 Å². The number of anilines is 1. The number of ether oxygens (including phenoxy) is 2.